The Labute approximate surface area is 166 Å². The lowest BCUT2D eigenvalue weighted by molar-refractivity contribution is 0.321. The molecule has 5 nitrogen and oxygen atoms in total. The zero-order chi connectivity index (χ0) is 19.0. The second-order valence-corrected chi connectivity index (χ2v) is 9.07. The van der Waals surface area contributed by atoms with Gasteiger partial charge in [0.25, 0.3) is 0 Å². The third-order valence-electron chi connectivity index (χ3n) is 5.98. The molecule has 0 spiro atoms. The fourth-order valence-electron chi connectivity index (χ4n) is 4.17. The summed E-state index contributed by atoms with van der Waals surface area (Å²) in [5, 5.41) is 5.27. The van der Waals surface area contributed by atoms with E-state index in [0.717, 1.165) is 48.7 Å². The minimum atomic E-state index is 0.332. The number of nitrogens with two attached hydrogens (primary N) is 1. The molecule has 6 heteroatoms. The predicted octanol–water partition coefficient (Wildman–Crippen LogP) is 4.59. The second-order valence-electron chi connectivity index (χ2n) is 8.66. The maximum atomic E-state index is 6.53. The van der Waals surface area contributed by atoms with Gasteiger partial charge in [-0.05, 0) is 70.6 Å². The van der Waals surface area contributed by atoms with Crippen molar-refractivity contribution in [2.24, 2.45) is 17.6 Å². The van der Waals surface area contributed by atoms with Crippen LogP contribution in [0.2, 0.25) is 5.02 Å². The molecule has 2 aromatic rings. The Kier molecular flexibility index (Phi) is 5.51. The van der Waals surface area contributed by atoms with E-state index in [2.05, 4.69) is 28.6 Å². The summed E-state index contributed by atoms with van der Waals surface area (Å²) < 4.78 is 2.13. The van der Waals surface area contributed by atoms with Gasteiger partial charge in [0.1, 0.15) is 5.82 Å². The molecule has 0 unspecified atom stereocenters. The quantitative estimate of drug-likeness (QED) is 0.787. The summed E-state index contributed by atoms with van der Waals surface area (Å²) in [5.74, 6) is 2.30. The molecule has 0 aromatic carbocycles. The minimum absolute atomic E-state index is 0.332. The number of nitrogens with zero attached hydrogens (tertiary/aromatic N) is 4. The fourth-order valence-corrected chi connectivity index (χ4v) is 4.36. The Hall–Kier alpha value is -1.46. The zero-order valence-corrected chi connectivity index (χ0v) is 17.1. The lowest BCUT2D eigenvalue weighted by atomic mass is 9.84. The van der Waals surface area contributed by atoms with Crippen molar-refractivity contribution in [3.8, 4) is 11.3 Å². The lowest BCUT2D eigenvalue weighted by Crippen LogP contribution is -2.27. The van der Waals surface area contributed by atoms with E-state index in [4.69, 9.17) is 22.3 Å². The van der Waals surface area contributed by atoms with E-state index in [1.165, 1.54) is 31.4 Å². The van der Waals surface area contributed by atoms with Crippen LogP contribution >= 0.6 is 11.6 Å². The number of hydrogen-bond donors (Lipinski definition) is 1. The summed E-state index contributed by atoms with van der Waals surface area (Å²) in [6.45, 7) is 4.35. The molecule has 2 heterocycles. The van der Waals surface area contributed by atoms with Crippen molar-refractivity contribution in [2.45, 2.75) is 77.3 Å². The van der Waals surface area contributed by atoms with Crippen LogP contribution in [0.25, 0.3) is 11.3 Å². The molecule has 2 N–H and O–H groups in total. The van der Waals surface area contributed by atoms with Crippen molar-refractivity contribution < 1.29 is 0 Å². The molecule has 0 aliphatic heterocycles. The van der Waals surface area contributed by atoms with Crippen LogP contribution in [0, 0.1) is 11.8 Å². The van der Waals surface area contributed by atoms with Gasteiger partial charge in [0.2, 0.25) is 0 Å². The summed E-state index contributed by atoms with van der Waals surface area (Å²) in [5.41, 5.74) is 9.23. The van der Waals surface area contributed by atoms with Crippen molar-refractivity contribution in [3.05, 3.63) is 28.9 Å². The van der Waals surface area contributed by atoms with Gasteiger partial charge in [-0.1, -0.05) is 11.6 Å². The van der Waals surface area contributed by atoms with E-state index < -0.39 is 0 Å². The Morgan fingerprint density at radius 1 is 1.07 bits per heavy atom. The highest BCUT2D eigenvalue weighted by Crippen LogP contribution is 2.38. The first-order valence-corrected chi connectivity index (χ1v) is 10.7. The van der Waals surface area contributed by atoms with Crippen molar-refractivity contribution >= 4 is 11.6 Å². The second kappa shape index (κ2) is 7.88. The molecule has 146 valence electrons. The first kappa shape index (κ1) is 18.9. The largest absolute Gasteiger partial charge is 0.328 e. The van der Waals surface area contributed by atoms with Gasteiger partial charge in [-0.15, -0.1) is 0 Å². The van der Waals surface area contributed by atoms with Gasteiger partial charge in [0, 0.05) is 36.0 Å². The fraction of sp³-hybridized carbons (Fsp3) is 0.667. The van der Waals surface area contributed by atoms with Crippen LogP contribution in [0.4, 0.5) is 0 Å². The average molecular weight is 388 g/mol. The molecule has 2 aromatic heterocycles. The van der Waals surface area contributed by atoms with Crippen LogP contribution in [-0.4, -0.2) is 25.8 Å². The third-order valence-corrected chi connectivity index (χ3v) is 6.26. The zero-order valence-electron chi connectivity index (χ0n) is 16.4. The van der Waals surface area contributed by atoms with Gasteiger partial charge < -0.3 is 5.73 Å². The highest BCUT2D eigenvalue weighted by molar-refractivity contribution is 6.32. The highest BCUT2D eigenvalue weighted by Gasteiger charge is 2.27. The van der Waals surface area contributed by atoms with E-state index in [9.17, 15) is 0 Å². The Morgan fingerprint density at radius 3 is 2.41 bits per heavy atom. The smallest absolute Gasteiger partial charge is 0.129 e. The summed E-state index contributed by atoms with van der Waals surface area (Å²) in [7, 11) is 0. The number of aromatic nitrogens is 4. The Morgan fingerprint density at radius 2 is 1.74 bits per heavy atom. The molecule has 2 saturated carbocycles. The first-order valence-electron chi connectivity index (χ1n) is 10.3. The lowest BCUT2D eigenvalue weighted by Gasteiger charge is -2.25. The van der Waals surface area contributed by atoms with Gasteiger partial charge in [-0.2, -0.15) is 5.10 Å². The van der Waals surface area contributed by atoms with Crippen molar-refractivity contribution in [2.75, 3.05) is 0 Å². The molecular weight excluding hydrogens is 358 g/mol. The average Bonchev–Trinajstić information content (AvgIpc) is 3.36. The topological polar surface area (TPSA) is 69.6 Å². The minimum Gasteiger partial charge on any atom is -0.328 e. The van der Waals surface area contributed by atoms with Gasteiger partial charge in [-0.3, -0.25) is 4.68 Å². The third kappa shape index (κ3) is 4.35. The van der Waals surface area contributed by atoms with Gasteiger partial charge in [0.05, 0.1) is 16.9 Å². The Balaban J connectivity index is 1.61. The van der Waals surface area contributed by atoms with Gasteiger partial charge >= 0.3 is 0 Å². The van der Waals surface area contributed by atoms with Crippen molar-refractivity contribution in [3.63, 3.8) is 0 Å². The first-order chi connectivity index (χ1) is 13.0. The summed E-state index contributed by atoms with van der Waals surface area (Å²) >= 11 is 6.53. The molecular formula is C21H30ClN5. The summed E-state index contributed by atoms with van der Waals surface area (Å²) in [6, 6.07) is 0.703. The maximum absolute atomic E-state index is 6.53. The van der Waals surface area contributed by atoms with E-state index in [1.807, 2.05) is 6.20 Å². The van der Waals surface area contributed by atoms with Crippen LogP contribution in [0.3, 0.4) is 0 Å². The van der Waals surface area contributed by atoms with Gasteiger partial charge in [-0.25, -0.2) is 9.97 Å². The number of hydrogen-bond acceptors (Lipinski definition) is 4. The SMILES string of the molecule is CC(C)n1ncc(-c2nc(CC3CCC(N)CC3)ncc2Cl)c1CC1CC1. The van der Waals surface area contributed by atoms with Gasteiger partial charge in [0.15, 0.2) is 0 Å². The van der Waals surface area contributed by atoms with Crippen LogP contribution in [-0.2, 0) is 12.8 Å². The molecule has 0 bridgehead atoms. The summed E-state index contributed by atoms with van der Waals surface area (Å²) in [4.78, 5) is 9.41. The van der Waals surface area contributed by atoms with Crippen LogP contribution < -0.4 is 5.73 Å². The van der Waals surface area contributed by atoms with E-state index in [-0.39, 0.29) is 0 Å². The molecule has 0 radical (unpaired) electrons. The molecule has 2 fully saturated rings. The Bertz CT molecular complexity index is 788. The monoisotopic (exact) mass is 387 g/mol. The number of halogens is 1. The number of rotatable bonds is 6. The maximum Gasteiger partial charge on any atom is 0.129 e. The molecule has 27 heavy (non-hydrogen) atoms. The van der Waals surface area contributed by atoms with Crippen molar-refractivity contribution in [1.29, 1.82) is 0 Å². The predicted molar refractivity (Wildman–Crippen MR) is 109 cm³/mol. The molecule has 0 atom stereocenters. The van der Waals surface area contributed by atoms with E-state index in [1.54, 1.807) is 6.20 Å². The standard InChI is InChI=1S/C21H30ClN5/c1-13(2)27-19(9-14-3-4-14)17(11-25-27)21-18(22)12-24-20(26-21)10-15-5-7-16(23)8-6-15/h11-16H,3-10,23H2,1-2H3. The van der Waals surface area contributed by atoms with Crippen LogP contribution in [0.15, 0.2) is 12.4 Å². The molecule has 4 rings (SSSR count). The molecule has 0 amide bonds. The van der Waals surface area contributed by atoms with E-state index in [0.29, 0.717) is 23.0 Å². The normalized spacial score (nSPS) is 23.1. The highest BCUT2D eigenvalue weighted by atomic mass is 35.5. The molecule has 0 saturated heterocycles. The van der Waals surface area contributed by atoms with Crippen molar-refractivity contribution in [1.82, 2.24) is 19.7 Å². The van der Waals surface area contributed by atoms with Crippen LogP contribution in [0.5, 0.6) is 0 Å². The summed E-state index contributed by atoms with van der Waals surface area (Å²) in [6.07, 6.45) is 12.9. The molecule has 2 aliphatic carbocycles. The van der Waals surface area contributed by atoms with E-state index >= 15 is 0 Å². The van der Waals surface area contributed by atoms with Crippen LogP contribution in [0.1, 0.15) is 69.9 Å². The molecule has 2 aliphatic rings.